The Morgan fingerprint density at radius 1 is 1.05 bits per heavy atom. The maximum atomic E-state index is 14.4. The van der Waals surface area contributed by atoms with Gasteiger partial charge in [0.25, 0.3) is 11.5 Å². The number of nitrogens with zero attached hydrogens (tertiary/aromatic N) is 5. The molecule has 1 aliphatic carbocycles. The van der Waals surface area contributed by atoms with Crippen molar-refractivity contribution in [2.75, 3.05) is 23.3 Å². The Labute approximate surface area is 238 Å². The first kappa shape index (κ1) is 27.4. The van der Waals surface area contributed by atoms with E-state index in [1.54, 1.807) is 12.3 Å². The molecule has 2 aliphatic rings. The van der Waals surface area contributed by atoms with E-state index in [-0.39, 0.29) is 22.7 Å². The Hall–Kier alpha value is -4.81. The van der Waals surface area contributed by atoms with Gasteiger partial charge in [-0.1, -0.05) is 6.07 Å². The number of fused-ring (bicyclic) bond motifs is 1. The second-order valence-electron chi connectivity index (χ2n) is 11.9. The van der Waals surface area contributed by atoms with Gasteiger partial charge in [0.15, 0.2) is 11.6 Å². The number of amides is 2. The van der Waals surface area contributed by atoms with Crippen LogP contribution in [0, 0.1) is 17.0 Å². The smallest absolute Gasteiger partial charge is 0.404 e. The van der Waals surface area contributed by atoms with E-state index >= 15 is 0 Å². The summed E-state index contributed by atoms with van der Waals surface area (Å²) in [5, 5.41) is 24.3. The Morgan fingerprint density at radius 2 is 1.76 bits per heavy atom. The van der Waals surface area contributed by atoms with Crippen molar-refractivity contribution in [3.63, 3.8) is 0 Å². The topological polar surface area (TPSA) is 134 Å². The molecule has 2 amide bonds. The molecule has 0 radical (unpaired) electrons. The molecule has 1 atom stereocenters. The predicted molar refractivity (Wildman–Crippen MR) is 151 cm³/mol. The van der Waals surface area contributed by atoms with Crippen LogP contribution in [0.2, 0.25) is 0 Å². The molecular weight excluding hydrogens is 548 g/mol. The molecule has 42 heavy (non-hydrogen) atoms. The fraction of sp³-hybridized carbons (Fsp3) is 0.345. The van der Waals surface area contributed by atoms with Gasteiger partial charge in [0, 0.05) is 30.0 Å². The Balaban J connectivity index is 1.41. The molecule has 6 rings (SSSR count). The molecule has 1 aliphatic heterocycles. The molecule has 0 bridgehead atoms. The first-order chi connectivity index (χ1) is 19.9. The summed E-state index contributed by atoms with van der Waals surface area (Å²) in [5.74, 6) is -2.71. The van der Waals surface area contributed by atoms with E-state index in [0.29, 0.717) is 29.1 Å². The van der Waals surface area contributed by atoms with Gasteiger partial charge in [-0.25, -0.2) is 13.6 Å². The summed E-state index contributed by atoms with van der Waals surface area (Å²) in [6.07, 6.45) is 2.40. The number of hydrogen-bond acceptors (Lipinski definition) is 6. The fourth-order valence-electron chi connectivity index (χ4n) is 5.79. The zero-order valence-corrected chi connectivity index (χ0v) is 23.2. The quantitative estimate of drug-likeness (QED) is 0.325. The fourth-order valence-corrected chi connectivity index (χ4v) is 5.79. The van der Waals surface area contributed by atoms with Gasteiger partial charge in [-0.15, -0.1) is 0 Å². The van der Waals surface area contributed by atoms with Crippen molar-refractivity contribution in [3.8, 4) is 5.69 Å². The van der Waals surface area contributed by atoms with Gasteiger partial charge in [0.2, 0.25) is 0 Å². The van der Waals surface area contributed by atoms with Crippen LogP contribution < -0.4 is 21.1 Å². The van der Waals surface area contributed by atoms with Gasteiger partial charge in [0.1, 0.15) is 11.4 Å². The average Bonchev–Trinajstić information content (AvgIpc) is 3.41. The van der Waals surface area contributed by atoms with Gasteiger partial charge in [-0.05, 0) is 63.9 Å². The van der Waals surface area contributed by atoms with Crippen LogP contribution in [0.25, 0.3) is 16.6 Å². The normalized spacial score (nSPS) is 17.5. The number of carbonyl (C=O) groups excluding carboxylic acids is 1. The molecular formula is C29H29F2N7O4. The number of anilines is 2. The first-order valence-corrected chi connectivity index (χ1v) is 13.5. The summed E-state index contributed by atoms with van der Waals surface area (Å²) in [6.45, 7) is 7.04. The van der Waals surface area contributed by atoms with Crippen LogP contribution in [0.5, 0.6) is 0 Å². The lowest BCUT2D eigenvalue weighted by Gasteiger charge is -2.25. The monoisotopic (exact) mass is 577 g/mol. The highest BCUT2D eigenvalue weighted by Gasteiger charge is 2.56. The lowest BCUT2D eigenvalue weighted by atomic mass is 10.0. The van der Waals surface area contributed by atoms with E-state index < -0.39 is 34.9 Å². The highest BCUT2D eigenvalue weighted by molar-refractivity contribution is 6.09. The van der Waals surface area contributed by atoms with E-state index in [1.807, 2.05) is 31.5 Å². The van der Waals surface area contributed by atoms with Crippen LogP contribution in [0.15, 0.2) is 53.5 Å². The molecule has 218 valence electrons. The lowest BCUT2D eigenvalue weighted by molar-refractivity contribution is 0.102. The molecule has 13 heteroatoms. The van der Waals surface area contributed by atoms with E-state index in [2.05, 4.69) is 25.7 Å². The van der Waals surface area contributed by atoms with Gasteiger partial charge < -0.3 is 20.6 Å². The zero-order chi connectivity index (χ0) is 30.0. The molecule has 2 aromatic carbocycles. The molecule has 1 spiro atoms. The highest BCUT2D eigenvalue weighted by atomic mass is 19.1. The standard InChI is InChI=1S/C29H29F2N7O4/c1-28(2,3)38-21-9-7-19(24(16(21)13-32-38)36-14-22(34-27(41)42)29(15-36)11-12-29)33-26(40)20-8-10-23(39)37(35-20)25-17(30)5-4-6-18(25)31/h4-10,13,22,34H,11-12,14-15H2,1-3H3,(H,33,40)(H,41,42)/t22-/m0/s1. The molecule has 3 N–H and O–H groups in total. The van der Waals surface area contributed by atoms with E-state index in [1.165, 1.54) is 6.07 Å². The summed E-state index contributed by atoms with van der Waals surface area (Å²) >= 11 is 0. The van der Waals surface area contributed by atoms with Gasteiger partial charge in [-0.2, -0.15) is 14.9 Å². The minimum absolute atomic E-state index is 0.192. The minimum atomic E-state index is -1.09. The van der Waals surface area contributed by atoms with Crippen molar-refractivity contribution in [1.82, 2.24) is 24.9 Å². The Kier molecular flexibility index (Phi) is 6.28. The SMILES string of the molecule is CC(C)(C)n1ncc2c(N3C[C@H](NC(=O)O)C4(CC4)C3)c(NC(=O)c3ccc(=O)n(-c4c(F)cccc4F)n3)ccc21. The van der Waals surface area contributed by atoms with Crippen LogP contribution in [0.4, 0.5) is 25.0 Å². The van der Waals surface area contributed by atoms with E-state index in [0.717, 1.165) is 48.0 Å². The first-order valence-electron chi connectivity index (χ1n) is 13.5. The lowest BCUT2D eigenvalue weighted by Crippen LogP contribution is -2.40. The third-order valence-electron chi connectivity index (χ3n) is 7.94. The van der Waals surface area contributed by atoms with E-state index in [4.69, 9.17) is 0 Å². The summed E-state index contributed by atoms with van der Waals surface area (Å²) in [4.78, 5) is 39.5. The number of halogens is 2. The van der Waals surface area contributed by atoms with Crippen molar-refractivity contribution in [3.05, 3.63) is 76.3 Å². The summed E-state index contributed by atoms with van der Waals surface area (Å²) in [5.41, 5.74) is -0.331. The average molecular weight is 578 g/mol. The maximum absolute atomic E-state index is 14.4. The van der Waals surface area contributed by atoms with Gasteiger partial charge in [-0.3, -0.25) is 14.3 Å². The molecule has 1 saturated heterocycles. The third kappa shape index (κ3) is 4.64. The van der Waals surface area contributed by atoms with Crippen molar-refractivity contribution in [2.45, 2.75) is 45.2 Å². The van der Waals surface area contributed by atoms with Crippen molar-refractivity contribution in [2.24, 2.45) is 5.41 Å². The molecule has 4 aromatic rings. The van der Waals surface area contributed by atoms with Crippen LogP contribution in [0.3, 0.4) is 0 Å². The van der Waals surface area contributed by atoms with Crippen LogP contribution in [0.1, 0.15) is 44.1 Å². The van der Waals surface area contributed by atoms with Crippen molar-refractivity contribution < 1.29 is 23.5 Å². The predicted octanol–water partition coefficient (Wildman–Crippen LogP) is 4.10. The third-order valence-corrected chi connectivity index (χ3v) is 7.94. The number of benzene rings is 2. The molecule has 2 aromatic heterocycles. The van der Waals surface area contributed by atoms with Crippen molar-refractivity contribution in [1.29, 1.82) is 0 Å². The summed E-state index contributed by atoms with van der Waals surface area (Å²) in [7, 11) is 0. The number of para-hydroxylation sites is 1. The number of rotatable bonds is 5. The Morgan fingerprint density at radius 3 is 2.40 bits per heavy atom. The number of carboxylic acid groups (broad SMARTS) is 1. The van der Waals surface area contributed by atoms with Gasteiger partial charge in [0.05, 0.1) is 34.7 Å². The highest BCUT2D eigenvalue weighted by Crippen LogP contribution is 2.55. The molecule has 1 saturated carbocycles. The summed E-state index contributed by atoms with van der Waals surface area (Å²) < 4.78 is 31.3. The van der Waals surface area contributed by atoms with E-state index in [9.17, 15) is 28.3 Å². The largest absolute Gasteiger partial charge is 0.465 e. The molecule has 11 nitrogen and oxygen atoms in total. The molecule has 0 unspecified atom stereocenters. The van der Waals surface area contributed by atoms with Crippen LogP contribution in [-0.2, 0) is 5.54 Å². The van der Waals surface area contributed by atoms with Crippen molar-refractivity contribution >= 4 is 34.3 Å². The van der Waals surface area contributed by atoms with Gasteiger partial charge >= 0.3 is 6.09 Å². The van der Waals surface area contributed by atoms with Crippen LogP contribution in [-0.4, -0.2) is 55.8 Å². The molecule has 3 heterocycles. The summed E-state index contributed by atoms with van der Waals surface area (Å²) in [6, 6.07) is 8.65. The maximum Gasteiger partial charge on any atom is 0.404 e. The number of aromatic nitrogens is 4. The zero-order valence-electron chi connectivity index (χ0n) is 23.2. The number of nitrogens with one attached hydrogen (secondary N) is 2. The number of carbonyl (C=O) groups is 2. The molecule has 2 fully saturated rings. The minimum Gasteiger partial charge on any atom is -0.465 e. The second kappa shape index (κ2) is 9.64. The van der Waals surface area contributed by atoms with Crippen LogP contribution >= 0.6 is 0 Å². The second-order valence-corrected chi connectivity index (χ2v) is 11.9. The number of hydrogen-bond donors (Lipinski definition) is 3. The Bertz CT molecular complexity index is 1790.